The number of aryl methyl sites for hydroxylation is 1. The fourth-order valence-electron chi connectivity index (χ4n) is 3.42. The summed E-state index contributed by atoms with van der Waals surface area (Å²) in [6.07, 6.45) is 0. The molecule has 0 atom stereocenters. The predicted molar refractivity (Wildman–Crippen MR) is 114 cm³/mol. The van der Waals surface area contributed by atoms with Crippen LogP contribution in [0.5, 0.6) is 11.5 Å². The number of rotatable bonds is 4. The highest BCUT2D eigenvalue weighted by molar-refractivity contribution is 7.20. The first kappa shape index (κ1) is 18.4. The maximum atomic E-state index is 13.0. The molecule has 0 saturated carbocycles. The third kappa shape index (κ3) is 3.02. The summed E-state index contributed by atoms with van der Waals surface area (Å²) in [5.41, 5.74) is 2.55. The number of nitrogens with zero attached hydrogens (tertiary/aromatic N) is 2. The normalized spacial score (nSPS) is 12.3. The van der Waals surface area contributed by atoms with Gasteiger partial charge >= 0.3 is 0 Å². The Morgan fingerprint density at radius 1 is 1.10 bits per heavy atom. The van der Waals surface area contributed by atoms with Crippen molar-refractivity contribution in [3.63, 3.8) is 0 Å². The van der Waals surface area contributed by atoms with Crippen LogP contribution in [0.25, 0.3) is 15.9 Å². The lowest BCUT2D eigenvalue weighted by Gasteiger charge is -2.10. The number of fused-ring (bicyclic) bond motifs is 2. The number of aromatic nitrogens is 2. The van der Waals surface area contributed by atoms with Gasteiger partial charge in [-0.1, -0.05) is 18.2 Å². The number of Topliss-reactive ketones (excluding diaryl/α,β-unsaturated/α-hetero) is 1. The molecule has 5 rings (SSSR count). The number of amides is 1. The van der Waals surface area contributed by atoms with Crippen molar-refractivity contribution in [1.29, 1.82) is 0 Å². The Morgan fingerprint density at radius 3 is 2.57 bits per heavy atom. The van der Waals surface area contributed by atoms with Crippen LogP contribution >= 0.6 is 11.3 Å². The average Bonchev–Trinajstić information content (AvgIpc) is 3.44. The molecule has 1 aliphatic rings. The number of ether oxygens (including phenoxy) is 2. The number of thiophene rings is 1. The molecule has 1 aliphatic heterocycles. The van der Waals surface area contributed by atoms with Crippen LogP contribution < -0.4 is 14.8 Å². The predicted octanol–water partition coefficient (Wildman–Crippen LogP) is 4.58. The van der Waals surface area contributed by atoms with E-state index in [1.165, 1.54) is 18.3 Å². The maximum absolute atomic E-state index is 13.0. The number of benzene rings is 2. The summed E-state index contributed by atoms with van der Waals surface area (Å²) in [6, 6.07) is 14.8. The molecule has 3 heterocycles. The lowest BCUT2D eigenvalue weighted by molar-refractivity contribution is 0.101. The molecule has 0 radical (unpaired) electrons. The molecule has 7 nitrogen and oxygen atoms in total. The molecular formula is C22H17N3O4S. The van der Waals surface area contributed by atoms with E-state index in [0.717, 1.165) is 21.6 Å². The molecule has 0 aliphatic carbocycles. The molecule has 2 aromatic carbocycles. The van der Waals surface area contributed by atoms with Gasteiger partial charge in [0.25, 0.3) is 5.91 Å². The Morgan fingerprint density at radius 2 is 1.83 bits per heavy atom. The van der Waals surface area contributed by atoms with Crippen LogP contribution in [0, 0.1) is 6.92 Å². The van der Waals surface area contributed by atoms with Gasteiger partial charge in [-0.3, -0.25) is 9.59 Å². The van der Waals surface area contributed by atoms with Crippen LogP contribution in [-0.2, 0) is 0 Å². The molecule has 2 aromatic heterocycles. The van der Waals surface area contributed by atoms with Crippen LogP contribution in [0.2, 0.25) is 0 Å². The fourth-order valence-corrected chi connectivity index (χ4v) is 4.50. The standard InChI is InChI=1S/C22H17N3O4S/c1-12-15-9-20(30-22(15)25(24-12)14-6-4-3-5-7-14)21(27)23-17-10-19-18(28-11-29-19)8-16(17)13(2)26/h3-10H,11H2,1-2H3,(H,23,27). The van der Waals surface area contributed by atoms with E-state index in [1.807, 2.05) is 48.0 Å². The Bertz CT molecular complexity index is 1310. The van der Waals surface area contributed by atoms with E-state index in [2.05, 4.69) is 10.4 Å². The van der Waals surface area contributed by atoms with Crippen molar-refractivity contribution in [3.8, 4) is 17.2 Å². The van der Waals surface area contributed by atoms with E-state index in [4.69, 9.17) is 9.47 Å². The monoisotopic (exact) mass is 419 g/mol. The van der Waals surface area contributed by atoms with Crippen molar-refractivity contribution in [2.75, 3.05) is 12.1 Å². The molecule has 1 amide bonds. The summed E-state index contributed by atoms with van der Waals surface area (Å²) in [6.45, 7) is 3.46. The molecule has 0 fully saturated rings. The molecule has 0 saturated heterocycles. The van der Waals surface area contributed by atoms with Gasteiger partial charge in [-0.2, -0.15) is 5.10 Å². The van der Waals surface area contributed by atoms with E-state index in [-0.39, 0.29) is 18.5 Å². The Kier molecular flexibility index (Phi) is 4.29. The van der Waals surface area contributed by atoms with Crippen LogP contribution in [0.4, 0.5) is 5.69 Å². The first-order valence-corrected chi connectivity index (χ1v) is 10.1. The highest BCUT2D eigenvalue weighted by Gasteiger charge is 2.22. The second-order valence-corrected chi connectivity index (χ2v) is 7.95. The minimum absolute atomic E-state index is 0.0929. The van der Waals surface area contributed by atoms with Gasteiger partial charge in [0.15, 0.2) is 17.3 Å². The van der Waals surface area contributed by atoms with Crippen molar-refractivity contribution in [3.05, 3.63) is 64.7 Å². The van der Waals surface area contributed by atoms with Crippen molar-refractivity contribution in [2.45, 2.75) is 13.8 Å². The molecule has 8 heteroatoms. The number of ketones is 1. The highest BCUT2D eigenvalue weighted by Crippen LogP contribution is 2.38. The summed E-state index contributed by atoms with van der Waals surface area (Å²) >= 11 is 1.35. The summed E-state index contributed by atoms with van der Waals surface area (Å²) in [7, 11) is 0. The van der Waals surface area contributed by atoms with Crippen molar-refractivity contribution >= 4 is 38.9 Å². The molecule has 30 heavy (non-hydrogen) atoms. The van der Waals surface area contributed by atoms with Crippen LogP contribution in [0.3, 0.4) is 0 Å². The smallest absolute Gasteiger partial charge is 0.265 e. The van der Waals surface area contributed by atoms with Crippen LogP contribution in [-0.4, -0.2) is 28.3 Å². The zero-order valence-corrected chi connectivity index (χ0v) is 17.1. The van der Waals surface area contributed by atoms with Crippen LogP contribution in [0.15, 0.2) is 48.5 Å². The van der Waals surface area contributed by atoms with Crippen molar-refractivity contribution in [1.82, 2.24) is 9.78 Å². The Balaban J connectivity index is 1.51. The minimum atomic E-state index is -0.295. The molecular weight excluding hydrogens is 402 g/mol. The average molecular weight is 419 g/mol. The van der Waals surface area contributed by atoms with Crippen LogP contribution in [0.1, 0.15) is 32.6 Å². The number of carbonyl (C=O) groups is 2. The van der Waals surface area contributed by atoms with Gasteiger partial charge in [-0.15, -0.1) is 11.3 Å². The second kappa shape index (κ2) is 7.00. The minimum Gasteiger partial charge on any atom is -0.454 e. The third-order valence-electron chi connectivity index (χ3n) is 4.91. The van der Waals surface area contributed by atoms with Gasteiger partial charge in [-0.05, 0) is 38.1 Å². The number of hydrogen-bond acceptors (Lipinski definition) is 6. The lowest BCUT2D eigenvalue weighted by Crippen LogP contribution is -2.13. The number of hydrogen-bond donors (Lipinski definition) is 1. The molecule has 4 aromatic rings. The fraction of sp³-hybridized carbons (Fsp3) is 0.136. The number of nitrogens with one attached hydrogen (secondary N) is 1. The summed E-state index contributed by atoms with van der Waals surface area (Å²) in [5.74, 6) is 0.535. The zero-order chi connectivity index (χ0) is 20.8. The third-order valence-corrected chi connectivity index (χ3v) is 6.02. The van der Waals surface area contributed by atoms with E-state index < -0.39 is 0 Å². The second-order valence-electron chi connectivity index (χ2n) is 6.92. The SMILES string of the molecule is CC(=O)c1cc2c(cc1NC(=O)c1cc3c(C)nn(-c4ccccc4)c3s1)OCO2. The topological polar surface area (TPSA) is 82.5 Å². The van der Waals surface area contributed by atoms with Gasteiger partial charge in [0.1, 0.15) is 4.83 Å². The molecule has 1 N–H and O–H groups in total. The molecule has 150 valence electrons. The lowest BCUT2D eigenvalue weighted by atomic mass is 10.1. The Labute approximate surface area is 175 Å². The van der Waals surface area contributed by atoms with E-state index in [0.29, 0.717) is 27.6 Å². The van der Waals surface area contributed by atoms with E-state index in [9.17, 15) is 9.59 Å². The number of anilines is 1. The summed E-state index contributed by atoms with van der Waals surface area (Å²) in [4.78, 5) is 26.5. The van der Waals surface area contributed by atoms with Gasteiger partial charge in [0, 0.05) is 17.0 Å². The molecule has 0 unspecified atom stereocenters. The quantitative estimate of drug-likeness (QED) is 0.490. The van der Waals surface area contributed by atoms with Crippen molar-refractivity contribution < 1.29 is 19.1 Å². The van der Waals surface area contributed by atoms with E-state index in [1.54, 1.807) is 12.1 Å². The van der Waals surface area contributed by atoms with Gasteiger partial charge in [-0.25, -0.2) is 4.68 Å². The molecule has 0 spiro atoms. The number of para-hydroxylation sites is 1. The maximum Gasteiger partial charge on any atom is 0.265 e. The van der Waals surface area contributed by atoms with Gasteiger partial charge in [0.05, 0.1) is 21.9 Å². The highest BCUT2D eigenvalue weighted by atomic mass is 32.1. The molecule has 0 bridgehead atoms. The first-order chi connectivity index (χ1) is 14.5. The van der Waals surface area contributed by atoms with Gasteiger partial charge < -0.3 is 14.8 Å². The largest absolute Gasteiger partial charge is 0.454 e. The van der Waals surface area contributed by atoms with Gasteiger partial charge in [0.2, 0.25) is 6.79 Å². The summed E-state index contributed by atoms with van der Waals surface area (Å²) < 4.78 is 12.6. The summed E-state index contributed by atoms with van der Waals surface area (Å²) in [5, 5.41) is 8.38. The number of carbonyl (C=O) groups excluding carboxylic acids is 2. The first-order valence-electron chi connectivity index (χ1n) is 9.32. The zero-order valence-electron chi connectivity index (χ0n) is 16.3. The van der Waals surface area contributed by atoms with Crippen molar-refractivity contribution in [2.24, 2.45) is 0 Å². The Hall–Kier alpha value is -3.65. The van der Waals surface area contributed by atoms with E-state index >= 15 is 0 Å².